The molecule has 3 nitrogen and oxygen atoms in total. The highest BCUT2D eigenvalue weighted by molar-refractivity contribution is 5.77. The van der Waals surface area contributed by atoms with Gasteiger partial charge in [0.25, 0.3) is 0 Å². The number of nitrogens with zero attached hydrogens (tertiary/aromatic N) is 1. The fourth-order valence-electron chi connectivity index (χ4n) is 2.97. The minimum atomic E-state index is -4.64. The molecule has 1 fully saturated rings. The fourth-order valence-corrected chi connectivity index (χ4v) is 2.97. The minimum Gasteiger partial charge on any atom is -0.380 e. The SMILES string of the molecule is CCC(CC(=O)N1CCC(O)(C(F)(F)F)CC1)c1ccccc1. The molecule has 1 heterocycles. The Balaban J connectivity index is 1.95. The van der Waals surface area contributed by atoms with Crippen molar-refractivity contribution in [2.75, 3.05) is 13.1 Å². The molecule has 1 saturated heterocycles. The van der Waals surface area contributed by atoms with Crippen molar-refractivity contribution in [3.05, 3.63) is 35.9 Å². The number of alkyl halides is 3. The lowest BCUT2D eigenvalue weighted by Crippen LogP contribution is -2.54. The quantitative estimate of drug-likeness (QED) is 0.919. The monoisotopic (exact) mass is 329 g/mol. The molecular formula is C17H22F3NO2. The van der Waals surface area contributed by atoms with Crippen LogP contribution in [-0.4, -0.2) is 40.8 Å². The maximum absolute atomic E-state index is 12.8. The number of amides is 1. The molecule has 1 N–H and O–H groups in total. The number of piperidine rings is 1. The Labute approximate surface area is 134 Å². The molecule has 1 aromatic carbocycles. The van der Waals surface area contributed by atoms with Crippen molar-refractivity contribution in [2.24, 2.45) is 0 Å². The van der Waals surface area contributed by atoms with Crippen LogP contribution in [0, 0.1) is 0 Å². The number of likely N-dealkylation sites (tertiary alicyclic amines) is 1. The largest absolute Gasteiger partial charge is 0.417 e. The van der Waals surface area contributed by atoms with E-state index in [1.807, 2.05) is 37.3 Å². The third-order valence-corrected chi connectivity index (χ3v) is 4.66. The van der Waals surface area contributed by atoms with Crippen LogP contribution in [0.3, 0.4) is 0 Å². The van der Waals surface area contributed by atoms with Crippen LogP contribution in [0.25, 0.3) is 0 Å². The average Bonchev–Trinajstić information content (AvgIpc) is 2.53. The van der Waals surface area contributed by atoms with Crippen LogP contribution in [0.1, 0.15) is 44.1 Å². The van der Waals surface area contributed by atoms with Gasteiger partial charge < -0.3 is 10.0 Å². The highest BCUT2D eigenvalue weighted by Gasteiger charge is 2.54. The van der Waals surface area contributed by atoms with Gasteiger partial charge in [-0.25, -0.2) is 0 Å². The van der Waals surface area contributed by atoms with Gasteiger partial charge in [0.2, 0.25) is 5.91 Å². The topological polar surface area (TPSA) is 40.5 Å². The van der Waals surface area contributed by atoms with E-state index in [2.05, 4.69) is 0 Å². The summed E-state index contributed by atoms with van der Waals surface area (Å²) < 4.78 is 38.4. The zero-order valence-corrected chi connectivity index (χ0v) is 13.1. The highest BCUT2D eigenvalue weighted by Crippen LogP contribution is 2.38. The highest BCUT2D eigenvalue weighted by atomic mass is 19.4. The van der Waals surface area contributed by atoms with E-state index >= 15 is 0 Å². The maximum Gasteiger partial charge on any atom is 0.417 e. The number of halogens is 3. The molecule has 0 spiro atoms. The summed E-state index contributed by atoms with van der Waals surface area (Å²) >= 11 is 0. The van der Waals surface area contributed by atoms with Crippen molar-refractivity contribution in [3.8, 4) is 0 Å². The Bertz CT molecular complexity index is 522. The molecular weight excluding hydrogens is 307 g/mol. The van der Waals surface area contributed by atoms with Crippen LogP contribution in [-0.2, 0) is 4.79 Å². The Morgan fingerprint density at radius 2 is 1.83 bits per heavy atom. The number of hydrogen-bond acceptors (Lipinski definition) is 2. The van der Waals surface area contributed by atoms with Crippen LogP contribution >= 0.6 is 0 Å². The molecule has 0 saturated carbocycles. The first kappa shape index (κ1) is 17.8. The Morgan fingerprint density at radius 3 is 2.30 bits per heavy atom. The van der Waals surface area contributed by atoms with Gasteiger partial charge in [-0.15, -0.1) is 0 Å². The summed E-state index contributed by atoms with van der Waals surface area (Å²) in [5, 5.41) is 9.65. The second-order valence-corrected chi connectivity index (χ2v) is 6.13. The van der Waals surface area contributed by atoms with E-state index in [1.54, 1.807) is 0 Å². The third kappa shape index (κ3) is 4.05. The summed E-state index contributed by atoms with van der Waals surface area (Å²) in [6.45, 7) is 1.88. The van der Waals surface area contributed by atoms with E-state index in [9.17, 15) is 23.1 Å². The third-order valence-electron chi connectivity index (χ3n) is 4.66. The number of aliphatic hydroxyl groups is 1. The van der Waals surface area contributed by atoms with Gasteiger partial charge in [0.15, 0.2) is 5.60 Å². The van der Waals surface area contributed by atoms with E-state index in [0.29, 0.717) is 0 Å². The summed E-state index contributed by atoms with van der Waals surface area (Å²) in [6.07, 6.45) is -4.48. The normalized spacial score (nSPS) is 19.4. The lowest BCUT2D eigenvalue weighted by molar-refractivity contribution is -0.272. The summed E-state index contributed by atoms with van der Waals surface area (Å²) in [5.74, 6) is -0.0861. The summed E-state index contributed by atoms with van der Waals surface area (Å²) in [4.78, 5) is 13.8. The standard InChI is InChI=1S/C17H22F3NO2/c1-2-13(14-6-4-3-5-7-14)12-15(22)21-10-8-16(23,9-11-21)17(18,19)20/h3-7,13,23H,2,8-12H2,1H3. The van der Waals surface area contributed by atoms with E-state index in [0.717, 1.165) is 12.0 Å². The van der Waals surface area contributed by atoms with Crippen LogP contribution in [0.4, 0.5) is 13.2 Å². The van der Waals surface area contributed by atoms with Crippen molar-refractivity contribution >= 4 is 5.91 Å². The summed E-state index contributed by atoms with van der Waals surface area (Å²) in [5.41, 5.74) is -1.60. The van der Waals surface area contributed by atoms with Crippen LogP contribution in [0.2, 0.25) is 0 Å². The molecule has 6 heteroatoms. The second-order valence-electron chi connectivity index (χ2n) is 6.13. The van der Waals surface area contributed by atoms with Gasteiger partial charge in [-0.1, -0.05) is 37.3 Å². The zero-order valence-electron chi connectivity index (χ0n) is 13.1. The zero-order chi connectivity index (χ0) is 17.1. The van der Waals surface area contributed by atoms with Gasteiger partial charge in [-0.3, -0.25) is 4.79 Å². The molecule has 0 aliphatic carbocycles. The Morgan fingerprint density at radius 1 is 1.26 bits per heavy atom. The molecule has 1 aliphatic heterocycles. The first-order valence-corrected chi connectivity index (χ1v) is 7.88. The lowest BCUT2D eigenvalue weighted by atomic mass is 9.89. The fraction of sp³-hybridized carbons (Fsp3) is 0.588. The summed E-state index contributed by atoms with van der Waals surface area (Å²) in [7, 11) is 0. The molecule has 0 radical (unpaired) electrons. The van der Waals surface area contributed by atoms with Crippen molar-refractivity contribution in [1.29, 1.82) is 0 Å². The molecule has 1 aliphatic rings. The number of carbonyl (C=O) groups excluding carboxylic acids is 1. The van der Waals surface area contributed by atoms with Gasteiger partial charge in [-0.2, -0.15) is 13.2 Å². The number of carbonyl (C=O) groups is 1. The van der Waals surface area contributed by atoms with E-state index in [4.69, 9.17) is 0 Å². The molecule has 1 aromatic rings. The number of rotatable bonds is 4. The van der Waals surface area contributed by atoms with E-state index in [-0.39, 0.29) is 31.3 Å². The van der Waals surface area contributed by atoms with Crippen molar-refractivity contribution in [3.63, 3.8) is 0 Å². The van der Waals surface area contributed by atoms with Gasteiger partial charge >= 0.3 is 6.18 Å². The van der Waals surface area contributed by atoms with Crippen molar-refractivity contribution in [1.82, 2.24) is 4.90 Å². The molecule has 0 aromatic heterocycles. The van der Waals surface area contributed by atoms with Gasteiger partial charge in [0.05, 0.1) is 0 Å². The first-order valence-electron chi connectivity index (χ1n) is 7.88. The van der Waals surface area contributed by atoms with Crippen LogP contribution < -0.4 is 0 Å². The lowest BCUT2D eigenvalue weighted by Gasteiger charge is -2.39. The van der Waals surface area contributed by atoms with Crippen LogP contribution in [0.5, 0.6) is 0 Å². The molecule has 0 bridgehead atoms. The smallest absolute Gasteiger partial charge is 0.380 e. The molecule has 1 amide bonds. The Kier molecular flexibility index (Phi) is 5.34. The van der Waals surface area contributed by atoms with E-state index < -0.39 is 24.6 Å². The maximum atomic E-state index is 12.8. The van der Waals surface area contributed by atoms with Crippen molar-refractivity contribution < 1.29 is 23.1 Å². The minimum absolute atomic E-state index is 0.0555. The second kappa shape index (κ2) is 6.91. The van der Waals surface area contributed by atoms with E-state index in [1.165, 1.54) is 4.90 Å². The molecule has 128 valence electrons. The van der Waals surface area contributed by atoms with Gasteiger partial charge in [-0.05, 0) is 17.9 Å². The number of hydrogen-bond donors (Lipinski definition) is 1. The van der Waals surface area contributed by atoms with Crippen molar-refractivity contribution in [2.45, 2.75) is 50.3 Å². The Hall–Kier alpha value is -1.56. The number of benzene rings is 1. The van der Waals surface area contributed by atoms with Gasteiger partial charge in [0.1, 0.15) is 0 Å². The predicted octanol–water partition coefficient (Wildman–Crippen LogP) is 3.49. The average molecular weight is 329 g/mol. The molecule has 1 unspecified atom stereocenters. The van der Waals surface area contributed by atoms with Gasteiger partial charge in [0, 0.05) is 32.4 Å². The molecule has 2 rings (SSSR count). The summed E-state index contributed by atoms with van der Waals surface area (Å²) in [6, 6.07) is 9.64. The first-order chi connectivity index (χ1) is 10.8. The molecule has 23 heavy (non-hydrogen) atoms. The van der Waals surface area contributed by atoms with Crippen LogP contribution in [0.15, 0.2) is 30.3 Å². The molecule has 1 atom stereocenters. The predicted molar refractivity (Wildman–Crippen MR) is 80.9 cm³/mol.